The molecule has 2 unspecified atom stereocenters. The summed E-state index contributed by atoms with van der Waals surface area (Å²) in [7, 11) is 0. The standard InChI is InChI=1S/C25H29N5O4.C2HF3O2/c26-14-6-11-20(31)21(27)25(24(33)34,13-12-16-7-2-1-3-8-16)30-23-18(22(28)32)15-17-9-4-5-10-19(17)29-23;3-2(4,5)1(6)7/h1-5,7-10,15,21H,6,11-14,26-27H2,(H2,28,32)(H,29,30)(H,33,34);(H,6,7). The third-order valence-corrected chi connectivity index (χ3v) is 6.11. The van der Waals surface area contributed by atoms with E-state index in [1.807, 2.05) is 30.3 Å². The molecular weight excluding hydrogens is 547 g/mol. The molecule has 0 aliphatic heterocycles. The molecule has 3 rings (SSSR count). The predicted octanol–water partition coefficient (Wildman–Crippen LogP) is 2.47. The van der Waals surface area contributed by atoms with Crippen molar-refractivity contribution in [3.8, 4) is 0 Å². The minimum atomic E-state index is -5.08. The van der Waals surface area contributed by atoms with Gasteiger partial charge in [-0.05, 0) is 43.5 Å². The molecule has 41 heavy (non-hydrogen) atoms. The zero-order valence-corrected chi connectivity index (χ0v) is 21.7. The van der Waals surface area contributed by atoms with Crippen molar-refractivity contribution in [1.29, 1.82) is 0 Å². The van der Waals surface area contributed by atoms with Crippen LogP contribution in [0.15, 0.2) is 60.7 Å². The molecule has 0 spiro atoms. The van der Waals surface area contributed by atoms with Crippen molar-refractivity contribution in [1.82, 2.24) is 4.98 Å². The number of aromatic nitrogens is 1. The second-order valence-corrected chi connectivity index (χ2v) is 8.97. The molecule has 0 fully saturated rings. The molecule has 2 aromatic carbocycles. The van der Waals surface area contributed by atoms with Gasteiger partial charge in [-0.15, -0.1) is 0 Å². The van der Waals surface area contributed by atoms with Crippen LogP contribution in [0.3, 0.4) is 0 Å². The largest absolute Gasteiger partial charge is 0.490 e. The Morgan fingerprint density at radius 1 is 0.951 bits per heavy atom. The summed E-state index contributed by atoms with van der Waals surface area (Å²) in [6.45, 7) is 0.272. The Balaban J connectivity index is 0.000000745. The summed E-state index contributed by atoms with van der Waals surface area (Å²) in [6.07, 6.45) is -4.39. The van der Waals surface area contributed by atoms with E-state index in [-0.39, 0.29) is 30.8 Å². The van der Waals surface area contributed by atoms with Gasteiger partial charge in [0, 0.05) is 11.8 Å². The van der Waals surface area contributed by atoms with Crippen LogP contribution in [0.5, 0.6) is 0 Å². The van der Waals surface area contributed by atoms with Crippen molar-refractivity contribution in [2.24, 2.45) is 17.2 Å². The van der Waals surface area contributed by atoms with Crippen LogP contribution in [-0.2, 0) is 20.8 Å². The number of nitrogens with two attached hydrogens (primary N) is 3. The number of Topliss-reactive ketones (excluding diaryl/α,β-unsaturated/α-hetero) is 1. The number of halogens is 3. The van der Waals surface area contributed by atoms with Gasteiger partial charge in [-0.25, -0.2) is 14.6 Å². The highest BCUT2D eigenvalue weighted by atomic mass is 19.4. The summed E-state index contributed by atoms with van der Waals surface area (Å²) in [5, 5.41) is 21.0. The number of para-hydroxylation sites is 1. The van der Waals surface area contributed by atoms with Gasteiger partial charge < -0.3 is 32.7 Å². The van der Waals surface area contributed by atoms with E-state index in [2.05, 4.69) is 10.3 Å². The van der Waals surface area contributed by atoms with Gasteiger partial charge in [0.05, 0.1) is 17.1 Å². The van der Waals surface area contributed by atoms with E-state index >= 15 is 0 Å². The van der Waals surface area contributed by atoms with E-state index in [4.69, 9.17) is 27.1 Å². The van der Waals surface area contributed by atoms with Crippen LogP contribution in [0.2, 0.25) is 0 Å². The number of carboxylic acid groups (broad SMARTS) is 2. The number of hydrogen-bond donors (Lipinski definition) is 6. The Hall–Kier alpha value is -4.56. The maximum atomic E-state index is 12.9. The maximum absolute atomic E-state index is 12.9. The second kappa shape index (κ2) is 14.2. The number of nitrogens with zero attached hydrogens (tertiary/aromatic N) is 1. The molecule has 1 heterocycles. The van der Waals surface area contributed by atoms with Gasteiger partial charge in [0.25, 0.3) is 5.91 Å². The van der Waals surface area contributed by atoms with Gasteiger partial charge in [-0.2, -0.15) is 13.2 Å². The summed E-state index contributed by atoms with van der Waals surface area (Å²) in [6, 6.07) is 16.4. The van der Waals surface area contributed by atoms with E-state index in [1.165, 1.54) is 0 Å². The highest BCUT2D eigenvalue weighted by Crippen LogP contribution is 2.29. The molecule has 9 N–H and O–H groups in total. The third kappa shape index (κ3) is 8.71. The summed E-state index contributed by atoms with van der Waals surface area (Å²) in [5.74, 6) is -5.36. The van der Waals surface area contributed by atoms with Crippen molar-refractivity contribution >= 4 is 40.3 Å². The Labute approximate surface area is 232 Å². The first-order valence-electron chi connectivity index (χ1n) is 12.3. The number of fused-ring (bicyclic) bond motifs is 1. The fourth-order valence-electron chi connectivity index (χ4n) is 3.89. The van der Waals surface area contributed by atoms with Gasteiger partial charge in [0.15, 0.2) is 11.3 Å². The van der Waals surface area contributed by atoms with Crippen LogP contribution in [0.4, 0.5) is 19.0 Å². The number of carbonyl (C=O) groups excluding carboxylic acids is 2. The number of amides is 1. The number of hydrogen-bond acceptors (Lipinski definition) is 8. The van der Waals surface area contributed by atoms with E-state index in [0.717, 1.165) is 5.56 Å². The van der Waals surface area contributed by atoms with Crippen LogP contribution in [0.1, 0.15) is 35.2 Å². The van der Waals surface area contributed by atoms with Crippen LogP contribution in [0, 0.1) is 0 Å². The zero-order chi connectivity index (χ0) is 30.8. The quantitative estimate of drug-likeness (QED) is 0.185. The monoisotopic (exact) mass is 577 g/mol. The Morgan fingerprint density at radius 2 is 1.54 bits per heavy atom. The molecule has 0 radical (unpaired) electrons. The highest BCUT2D eigenvalue weighted by Gasteiger charge is 2.48. The molecule has 0 bridgehead atoms. The van der Waals surface area contributed by atoms with Crippen molar-refractivity contribution in [2.75, 3.05) is 11.9 Å². The Morgan fingerprint density at radius 3 is 2.07 bits per heavy atom. The lowest BCUT2D eigenvalue weighted by Crippen LogP contribution is -2.63. The molecule has 0 aliphatic carbocycles. The molecule has 1 amide bonds. The first kappa shape index (κ1) is 32.7. The number of carboxylic acids is 2. The third-order valence-electron chi connectivity index (χ3n) is 6.11. The average molecular weight is 578 g/mol. The van der Waals surface area contributed by atoms with Crippen molar-refractivity contribution in [2.45, 2.75) is 43.4 Å². The summed E-state index contributed by atoms with van der Waals surface area (Å²) < 4.78 is 31.7. The fourth-order valence-corrected chi connectivity index (χ4v) is 3.89. The van der Waals surface area contributed by atoms with Crippen LogP contribution >= 0.6 is 0 Å². The van der Waals surface area contributed by atoms with Crippen molar-refractivity contribution < 1.29 is 42.6 Å². The number of anilines is 1. The molecule has 0 saturated carbocycles. The molecule has 3 aromatic rings. The van der Waals surface area contributed by atoms with E-state index in [1.54, 1.807) is 30.3 Å². The van der Waals surface area contributed by atoms with E-state index < -0.39 is 41.4 Å². The molecule has 0 saturated heterocycles. The molecule has 220 valence electrons. The molecule has 2 atom stereocenters. The number of primary amides is 1. The summed E-state index contributed by atoms with van der Waals surface area (Å²) in [4.78, 5) is 51.2. The lowest BCUT2D eigenvalue weighted by molar-refractivity contribution is -0.192. The van der Waals surface area contributed by atoms with Gasteiger partial charge in [0.1, 0.15) is 5.82 Å². The number of pyridine rings is 1. The number of rotatable bonds is 12. The first-order valence-corrected chi connectivity index (χ1v) is 12.3. The van der Waals surface area contributed by atoms with Crippen LogP contribution < -0.4 is 22.5 Å². The van der Waals surface area contributed by atoms with Gasteiger partial charge in [-0.1, -0.05) is 48.5 Å². The summed E-state index contributed by atoms with van der Waals surface area (Å²) >= 11 is 0. The maximum Gasteiger partial charge on any atom is 0.490 e. The SMILES string of the molecule is NCCCC(=O)C(N)C(CCc1ccccc1)(Nc1nc2ccccc2cc1C(N)=O)C(=O)O.O=C(O)C(F)(F)F. The smallest absolute Gasteiger partial charge is 0.479 e. The first-order chi connectivity index (χ1) is 19.2. The van der Waals surface area contributed by atoms with Gasteiger partial charge in [0.2, 0.25) is 0 Å². The van der Waals surface area contributed by atoms with E-state index in [0.29, 0.717) is 23.7 Å². The molecule has 11 nitrogen and oxygen atoms in total. The second-order valence-electron chi connectivity index (χ2n) is 8.97. The number of aryl methyl sites for hydroxylation is 1. The van der Waals surface area contributed by atoms with Gasteiger partial charge in [-0.3, -0.25) is 9.59 Å². The number of nitrogens with one attached hydrogen (secondary N) is 1. The van der Waals surface area contributed by atoms with E-state index in [9.17, 15) is 32.7 Å². The molecule has 0 aliphatic rings. The number of carbonyl (C=O) groups is 4. The lowest BCUT2D eigenvalue weighted by atomic mass is 9.81. The fraction of sp³-hybridized carbons (Fsp3) is 0.296. The van der Waals surface area contributed by atoms with Crippen LogP contribution in [0.25, 0.3) is 10.9 Å². The zero-order valence-electron chi connectivity index (χ0n) is 21.7. The minimum Gasteiger partial charge on any atom is -0.479 e. The number of alkyl halides is 3. The normalized spacial score (nSPS) is 13.3. The lowest BCUT2D eigenvalue weighted by Gasteiger charge is -2.36. The minimum absolute atomic E-state index is 0.00523. The molecule has 14 heteroatoms. The predicted molar refractivity (Wildman–Crippen MR) is 144 cm³/mol. The molecular formula is C27H30F3N5O6. The Kier molecular flexibility index (Phi) is 11.3. The van der Waals surface area contributed by atoms with Crippen molar-refractivity contribution in [3.05, 3.63) is 71.8 Å². The molecule has 1 aromatic heterocycles. The number of ketones is 1. The summed E-state index contributed by atoms with van der Waals surface area (Å²) in [5.41, 5.74) is 16.9. The number of aliphatic carboxylic acids is 2. The van der Waals surface area contributed by atoms with Crippen molar-refractivity contribution in [3.63, 3.8) is 0 Å². The Bertz CT molecular complexity index is 1390. The van der Waals surface area contributed by atoms with Crippen LogP contribution in [-0.4, -0.2) is 63.1 Å². The average Bonchev–Trinajstić information content (AvgIpc) is 2.93. The van der Waals surface area contributed by atoms with Gasteiger partial charge >= 0.3 is 18.1 Å². The number of benzene rings is 2. The topological polar surface area (TPSA) is 212 Å². The highest BCUT2D eigenvalue weighted by molar-refractivity contribution is 6.03.